The zero-order valence-electron chi connectivity index (χ0n) is 12.8. The highest BCUT2D eigenvalue weighted by Gasteiger charge is 2.26. The van der Waals surface area contributed by atoms with Gasteiger partial charge in [-0.2, -0.15) is 5.10 Å². The van der Waals surface area contributed by atoms with Crippen molar-refractivity contribution in [3.63, 3.8) is 0 Å². The van der Waals surface area contributed by atoms with Crippen LogP contribution in [0.3, 0.4) is 0 Å². The van der Waals surface area contributed by atoms with E-state index < -0.39 is 5.97 Å². The van der Waals surface area contributed by atoms with Crippen LogP contribution in [0.1, 0.15) is 43.1 Å². The number of hydrogen-bond donors (Lipinski definition) is 1. The summed E-state index contributed by atoms with van der Waals surface area (Å²) in [7, 11) is 1.85. The molecule has 0 spiro atoms. The Morgan fingerprint density at radius 3 is 2.40 bits per heavy atom. The third kappa shape index (κ3) is 3.37. The van der Waals surface area contributed by atoms with E-state index in [4.69, 9.17) is 5.11 Å². The fourth-order valence-corrected chi connectivity index (χ4v) is 2.47. The monoisotopic (exact) mass is 281 g/mol. The number of likely N-dealkylation sites (N-methyl/N-ethyl adjacent to an activating group) is 1. The molecule has 1 N–H and O–H groups in total. The normalized spacial score (nSPS) is 12.2. The van der Waals surface area contributed by atoms with Crippen LogP contribution in [0.25, 0.3) is 0 Å². The number of carbonyl (C=O) groups excluding carboxylic acids is 1. The van der Waals surface area contributed by atoms with Gasteiger partial charge in [0.2, 0.25) is 5.91 Å². The lowest BCUT2D eigenvalue weighted by Crippen LogP contribution is -2.36. The number of aliphatic carboxylic acids is 1. The summed E-state index contributed by atoms with van der Waals surface area (Å²) < 4.78 is 1.77. The molecular formula is C14H23N3O3. The molecule has 0 aliphatic carbocycles. The van der Waals surface area contributed by atoms with Gasteiger partial charge in [0.15, 0.2) is 0 Å². The molecular weight excluding hydrogens is 258 g/mol. The van der Waals surface area contributed by atoms with Crippen LogP contribution in [-0.4, -0.2) is 44.8 Å². The Hall–Kier alpha value is -1.85. The average molecular weight is 281 g/mol. The fraction of sp³-hybridized carbons (Fsp3) is 0.643. The van der Waals surface area contributed by atoms with Gasteiger partial charge in [0.1, 0.15) is 0 Å². The van der Waals surface area contributed by atoms with Crippen LogP contribution in [0.4, 0.5) is 0 Å². The van der Waals surface area contributed by atoms with Crippen LogP contribution < -0.4 is 0 Å². The quantitative estimate of drug-likeness (QED) is 0.856. The zero-order valence-corrected chi connectivity index (χ0v) is 12.8. The Morgan fingerprint density at radius 2 is 2.00 bits per heavy atom. The highest BCUT2D eigenvalue weighted by molar-refractivity contribution is 5.84. The number of carbonyl (C=O) groups is 2. The second-order valence-electron chi connectivity index (χ2n) is 4.99. The number of aromatic nitrogens is 2. The molecule has 20 heavy (non-hydrogen) atoms. The van der Waals surface area contributed by atoms with Crippen molar-refractivity contribution < 1.29 is 14.7 Å². The first-order valence-electron chi connectivity index (χ1n) is 6.80. The molecule has 6 nitrogen and oxygen atoms in total. The van der Waals surface area contributed by atoms with Gasteiger partial charge >= 0.3 is 5.97 Å². The molecule has 1 aromatic rings. The first-order chi connectivity index (χ1) is 9.29. The maximum atomic E-state index is 12.5. The lowest BCUT2D eigenvalue weighted by Gasteiger charge is -2.24. The number of carboxylic acid groups (broad SMARTS) is 1. The molecule has 6 heteroatoms. The van der Waals surface area contributed by atoms with Crippen molar-refractivity contribution >= 4 is 11.9 Å². The van der Waals surface area contributed by atoms with Gasteiger partial charge in [-0.25, -0.2) is 0 Å². The summed E-state index contributed by atoms with van der Waals surface area (Å²) in [6, 6.07) is 0. The lowest BCUT2D eigenvalue weighted by atomic mass is 9.97. The van der Waals surface area contributed by atoms with Crippen LogP contribution in [-0.2, 0) is 16.6 Å². The Balaban J connectivity index is 2.91. The second-order valence-corrected chi connectivity index (χ2v) is 4.99. The van der Waals surface area contributed by atoms with Crippen LogP contribution >= 0.6 is 0 Å². The van der Waals surface area contributed by atoms with Crippen molar-refractivity contribution in [3.8, 4) is 0 Å². The third-order valence-corrected chi connectivity index (χ3v) is 3.66. The summed E-state index contributed by atoms with van der Waals surface area (Å²) in [6.45, 7) is 8.28. The molecule has 1 rings (SSSR count). The van der Waals surface area contributed by atoms with E-state index >= 15 is 0 Å². The summed E-state index contributed by atoms with van der Waals surface area (Å²) >= 11 is 0. The number of nitrogens with zero attached hydrogens (tertiary/aromatic N) is 3. The zero-order chi connectivity index (χ0) is 15.4. The van der Waals surface area contributed by atoms with E-state index in [1.165, 1.54) is 0 Å². The molecule has 112 valence electrons. The molecule has 1 unspecified atom stereocenters. The molecule has 0 aliphatic rings. The van der Waals surface area contributed by atoms with Crippen molar-refractivity contribution in [2.75, 3.05) is 13.1 Å². The van der Waals surface area contributed by atoms with Gasteiger partial charge in [0.25, 0.3) is 0 Å². The van der Waals surface area contributed by atoms with Gasteiger partial charge in [0, 0.05) is 31.4 Å². The lowest BCUT2D eigenvalue weighted by molar-refractivity contribution is -0.138. The maximum Gasteiger partial charge on any atom is 0.305 e. The minimum atomic E-state index is -0.891. The second kappa shape index (κ2) is 6.54. The minimum Gasteiger partial charge on any atom is -0.481 e. The van der Waals surface area contributed by atoms with Crippen molar-refractivity contribution in [3.05, 3.63) is 17.0 Å². The van der Waals surface area contributed by atoms with Gasteiger partial charge in [-0.1, -0.05) is 0 Å². The Morgan fingerprint density at radius 1 is 1.40 bits per heavy atom. The first-order valence-corrected chi connectivity index (χ1v) is 6.80. The van der Waals surface area contributed by atoms with E-state index in [1.807, 2.05) is 34.7 Å². The van der Waals surface area contributed by atoms with Crippen LogP contribution in [0.2, 0.25) is 0 Å². The largest absolute Gasteiger partial charge is 0.481 e. The van der Waals surface area contributed by atoms with Crippen molar-refractivity contribution in [2.24, 2.45) is 7.05 Å². The minimum absolute atomic E-state index is 0.0305. The molecule has 0 fully saturated rings. The molecule has 0 saturated heterocycles. The highest BCUT2D eigenvalue weighted by atomic mass is 16.4. The third-order valence-electron chi connectivity index (χ3n) is 3.66. The molecule has 1 heterocycles. The van der Waals surface area contributed by atoms with Crippen LogP contribution in [0.15, 0.2) is 0 Å². The van der Waals surface area contributed by atoms with Crippen molar-refractivity contribution in [1.82, 2.24) is 14.7 Å². The Bertz CT molecular complexity index is 508. The summed E-state index contributed by atoms with van der Waals surface area (Å²) in [5.74, 6) is -1.25. The molecule has 1 amide bonds. The number of carboxylic acids is 1. The Labute approximate surface area is 119 Å². The van der Waals surface area contributed by atoms with Crippen molar-refractivity contribution in [1.29, 1.82) is 0 Å². The van der Waals surface area contributed by atoms with Gasteiger partial charge in [-0.05, 0) is 27.7 Å². The number of aryl methyl sites for hydroxylation is 2. The van der Waals surface area contributed by atoms with E-state index in [0.717, 1.165) is 17.0 Å². The fourth-order valence-electron chi connectivity index (χ4n) is 2.47. The van der Waals surface area contributed by atoms with Crippen LogP contribution in [0, 0.1) is 13.8 Å². The molecule has 0 aliphatic heterocycles. The topological polar surface area (TPSA) is 75.4 Å². The maximum absolute atomic E-state index is 12.5. The SMILES string of the molecule is CCN(CCC(=O)O)C(=O)C(C)c1c(C)nn(C)c1C. The molecule has 0 saturated carbocycles. The van der Waals surface area contributed by atoms with Crippen LogP contribution in [0.5, 0.6) is 0 Å². The summed E-state index contributed by atoms with van der Waals surface area (Å²) in [5.41, 5.74) is 2.75. The number of hydrogen-bond acceptors (Lipinski definition) is 3. The average Bonchev–Trinajstić information content (AvgIpc) is 2.62. The summed E-state index contributed by atoms with van der Waals surface area (Å²) in [4.78, 5) is 24.7. The standard InChI is InChI=1S/C14H23N3O3/c1-6-17(8-7-12(18)19)14(20)9(2)13-10(3)15-16(5)11(13)4/h9H,6-8H2,1-5H3,(H,18,19). The smallest absolute Gasteiger partial charge is 0.305 e. The van der Waals surface area contributed by atoms with Gasteiger partial charge < -0.3 is 10.0 Å². The van der Waals surface area contributed by atoms with E-state index in [0.29, 0.717) is 6.54 Å². The first kappa shape index (κ1) is 16.2. The predicted molar refractivity (Wildman–Crippen MR) is 75.6 cm³/mol. The van der Waals surface area contributed by atoms with E-state index in [1.54, 1.807) is 9.58 Å². The summed E-state index contributed by atoms with van der Waals surface area (Å²) in [5, 5.41) is 13.1. The molecule has 0 aromatic carbocycles. The molecule has 1 atom stereocenters. The van der Waals surface area contributed by atoms with Gasteiger partial charge in [-0.3, -0.25) is 14.3 Å². The van der Waals surface area contributed by atoms with Gasteiger partial charge in [-0.15, -0.1) is 0 Å². The molecule has 1 aromatic heterocycles. The number of amides is 1. The highest BCUT2D eigenvalue weighted by Crippen LogP contribution is 2.24. The summed E-state index contributed by atoms with van der Waals surface area (Å²) in [6.07, 6.45) is -0.0305. The predicted octanol–water partition coefficient (Wildman–Crippen LogP) is 1.46. The Kier molecular flexibility index (Phi) is 5.30. The number of rotatable bonds is 6. The van der Waals surface area contributed by atoms with Gasteiger partial charge in [0.05, 0.1) is 18.0 Å². The van der Waals surface area contributed by atoms with E-state index in [2.05, 4.69) is 5.10 Å². The van der Waals surface area contributed by atoms with E-state index in [-0.39, 0.29) is 24.8 Å². The van der Waals surface area contributed by atoms with E-state index in [9.17, 15) is 9.59 Å². The molecule has 0 radical (unpaired) electrons. The van der Waals surface area contributed by atoms with Crippen molar-refractivity contribution in [2.45, 2.75) is 40.0 Å². The molecule has 0 bridgehead atoms.